The Labute approximate surface area is 272 Å². The summed E-state index contributed by atoms with van der Waals surface area (Å²) in [7, 11) is 0. The van der Waals surface area contributed by atoms with Gasteiger partial charge in [0.15, 0.2) is 0 Å². The minimum atomic E-state index is -0.0838. The Morgan fingerprint density at radius 1 is 0.500 bits per heavy atom. The van der Waals surface area contributed by atoms with Crippen LogP contribution in [-0.2, 0) is 5.41 Å². The molecule has 7 aromatic carbocycles. The molecule has 0 atom stereocenters. The first-order chi connectivity index (χ1) is 22.4. The fourth-order valence-corrected chi connectivity index (χ4v) is 7.79. The molecule has 1 aliphatic carbocycles. The van der Waals surface area contributed by atoms with Crippen molar-refractivity contribution in [3.8, 4) is 33.4 Å². The minimum absolute atomic E-state index is 0.0838. The quantitative estimate of drug-likeness (QED) is 0.192. The minimum Gasteiger partial charge on any atom is -0.310 e. The molecule has 0 N–H and O–H groups in total. The van der Waals surface area contributed by atoms with Crippen LogP contribution >= 0.6 is 0 Å². The molecule has 222 valence electrons. The van der Waals surface area contributed by atoms with Gasteiger partial charge in [0.05, 0.1) is 5.69 Å². The molecule has 0 spiro atoms. The Morgan fingerprint density at radius 2 is 1.11 bits per heavy atom. The van der Waals surface area contributed by atoms with Crippen LogP contribution in [-0.4, -0.2) is 0 Å². The van der Waals surface area contributed by atoms with Gasteiger partial charge in [0.25, 0.3) is 0 Å². The maximum absolute atomic E-state index is 2.45. The van der Waals surface area contributed by atoms with Crippen LogP contribution in [0.5, 0.6) is 0 Å². The van der Waals surface area contributed by atoms with Crippen LogP contribution < -0.4 is 4.90 Å². The van der Waals surface area contributed by atoms with Crippen molar-refractivity contribution in [3.63, 3.8) is 0 Å². The van der Waals surface area contributed by atoms with Crippen LogP contribution in [0.4, 0.5) is 17.1 Å². The monoisotopic (exact) mass is 591 g/mol. The van der Waals surface area contributed by atoms with Gasteiger partial charge in [-0.1, -0.05) is 141 Å². The molecule has 0 saturated heterocycles. The van der Waals surface area contributed by atoms with Gasteiger partial charge in [0, 0.05) is 22.4 Å². The summed E-state index contributed by atoms with van der Waals surface area (Å²) in [5, 5.41) is 2.53. The molecule has 0 aliphatic heterocycles. The van der Waals surface area contributed by atoms with E-state index < -0.39 is 0 Å². The molecule has 1 aliphatic rings. The maximum atomic E-state index is 2.45. The van der Waals surface area contributed by atoms with Crippen LogP contribution in [0, 0.1) is 13.8 Å². The van der Waals surface area contributed by atoms with Gasteiger partial charge in [0.2, 0.25) is 0 Å². The summed E-state index contributed by atoms with van der Waals surface area (Å²) in [5.74, 6) is 0. The van der Waals surface area contributed by atoms with E-state index in [1.54, 1.807) is 0 Å². The summed E-state index contributed by atoms with van der Waals surface area (Å²) in [6, 6.07) is 55.5. The van der Waals surface area contributed by atoms with Gasteiger partial charge in [-0.3, -0.25) is 0 Å². The zero-order valence-electron chi connectivity index (χ0n) is 26.9. The lowest BCUT2D eigenvalue weighted by molar-refractivity contribution is 0.655. The fourth-order valence-electron chi connectivity index (χ4n) is 7.79. The second kappa shape index (κ2) is 10.9. The molecule has 0 aromatic heterocycles. The standard InChI is InChI=1S/C45H37N/c1-30-28-31(2)44-40(29-30)43-41(45(44,3)4)18-11-19-42(43)46(36-24-20-33(21-25-36)32-12-6-5-7-13-32)37-26-22-35(23-27-37)39-17-10-15-34-14-8-9-16-38(34)39/h5-29H,1-4H3. The van der Waals surface area contributed by atoms with Crippen molar-refractivity contribution in [1.29, 1.82) is 0 Å². The molecule has 46 heavy (non-hydrogen) atoms. The predicted molar refractivity (Wildman–Crippen MR) is 197 cm³/mol. The number of anilines is 3. The highest BCUT2D eigenvalue weighted by molar-refractivity contribution is 5.98. The summed E-state index contributed by atoms with van der Waals surface area (Å²) >= 11 is 0. The summed E-state index contributed by atoms with van der Waals surface area (Å²) in [6.07, 6.45) is 0. The highest BCUT2D eigenvalue weighted by Gasteiger charge is 2.39. The van der Waals surface area contributed by atoms with E-state index in [0.717, 1.165) is 11.4 Å². The molecule has 0 heterocycles. The summed E-state index contributed by atoms with van der Waals surface area (Å²) in [5.41, 5.74) is 16.5. The number of fused-ring (bicyclic) bond motifs is 4. The van der Waals surface area contributed by atoms with Gasteiger partial charge in [-0.05, 0) is 99.5 Å². The van der Waals surface area contributed by atoms with Crippen molar-refractivity contribution < 1.29 is 0 Å². The molecular formula is C45H37N. The number of hydrogen-bond donors (Lipinski definition) is 0. The third-order valence-corrected chi connectivity index (χ3v) is 9.79. The fraction of sp³-hybridized carbons (Fsp3) is 0.111. The van der Waals surface area contributed by atoms with Gasteiger partial charge in [-0.2, -0.15) is 0 Å². The van der Waals surface area contributed by atoms with Gasteiger partial charge in [-0.15, -0.1) is 0 Å². The Bertz CT molecular complexity index is 2220. The molecule has 0 bridgehead atoms. The van der Waals surface area contributed by atoms with E-state index in [2.05, 4.69) is 184 Å². The summed E-state index contributed by atoms with van der Waals surface area (Å²) in [6.45, 7) is 9.24. The van der Waals surface area contributed by atoms with E-state index in [9.17, 15) is 0 Å². The Hall–Kier alpha value is -5.40. The van der Waals surface area contributed by atoms with Gasteiger partial charge < -0.3 is 4.90 Å². The average Bonchev–Trinajstić information content (AvgIpc) is 3.32. The topological polar surface area (TPSA) is 3.24 Å². The third kappa shape index (κ3) is 4.54. The number of aryl methyl sites for hydroxylation is 2. The number of benzene rings is 7. The highest BCUT2D eigenvalue weighted by Crippen LogP contribution is 2.55. The number of hydrogen-bond acceptors (Lipinski definition) is 1. The Kier molecular flexibility index (Phi) is 6.65. The van der Waals surface area contributed by atoms with E-state index >= 15 is 0 Å². The lowest BCUT2D eigenvalue weighted by atomic mass is 9.80. The van der Waals surface area contributed by atoms with Gasteiger partial charge in [0.1, 0.15) is 0 Å². The predicted octanol–water partition coefficient (Wildman–Crippen LogP) is 12.6. The van der Waals surface area contributed by atoms with E-state index in [4.69, 9.17) is 0 Å². The first-order valence-corrected chi connectivity index (χ1v) is 16.2. The zero-order chi connectivity index (χ0) is 31.4. The van der Waals surface area contributed by atoms with Gasteiger partial charge >= 0.3 is 0 Å². The van der Waals surface area contributed by atoms with Crippen LogP contribution in [0.2, 0.25) is 0 Å². The first-order valence-electron chi connectivity index (χ1n) is 16.2. The van der Waals surface area contributed by atoms with Crippen molar-refractivity contribution in [2.45, 2.75) is 33.1 Å². The molecule has 7 aromatic rings. The molecule has 0 amide bonds. The van der Waals surface area contributed by atoms with Crippen molar-refractivity contribution in [1.82, 2.24) is 0 Å². The second-order valence-electron chi connectivity index (χ2n) is 13.2. The van der Waals surface area contributed by atoms with E-state index in [1.807, 2.05) is 0 Å². The normalized spacial score (nSPS) is 13.0. The molecule has 1 heteroatoms. The molecule has 8 rings (SSSR count). The largest absolute Gasteiger partial charge is 0.310 e. The van der Waals surface area contributed by atoms with Crippen molar-refractivity contribution >= 4 is 27.8 Å². The molecule has 0 saturated carbocycles. The summed E-state index contributed by atoms with van der Waals surface area (Å²) < 4.78 is 0. The molecule has 0 radical (unpaired) electrons. The lowest BCUT2D eigenvalue weighted by Crippen LogP contribution is -2.17. The van der Waals surface area contributed by atoms with Crippen LogP contribution in [0.1, 0.15) is 36.1 Å². The van der Waals surface area contributed by atoms with Crippen LogP contribution in [0.3, 0.4) is 0 Å². The van der Waals surface area contributed by atoms with Crippen LogP contribution in [0.15, 0.2) is 152 Å². The molecule has 0 fully saturated rings. The van der Waals surface area contributed by atoms with Crippen molar-refractivity contribution in [2.75, 3.05) is 4.90 Å². The third-order valence-electron chi connectivity index (χ3n) is 9.79. The van der Waals surface area contributed by atoms with Crippen molar-refractivity contribution in [2.24, 2.45) is 0 Å². The number of nitrogens with zero attached hydrogens (tertiary/aromatic N) is 1. The van der Waals surface area contributed by atoms with E-state index in [0.29, 0.717) is 0 Å². The number of rotatable bonds is 5. The van der Waals surface area contributed by atoms with E-state index in [1.165, 1.54) is 72.1 Å². The highest BCUT2D eigenvalue weighted by atomic mass is 15.1. The Balaban J connectivity index is 1.31. The zero-order valence-corrected chi connectivity index (χ0v) is 26.9. The molecular weight excluding hydrogens is 555 g/mol. The lowest BCUT2D eigenvalue weighted by Gasteiger charge is -2.29. The second-order valence-corrected chi connectivity index (χ2v) is 13.2. The average molecular weight is 592 g/mol. The van der Waals surface area contributed by atoms with Crippen LogP contribution in [0.25, 0.3) is 44.2 Å². The molecule has 0 unspecified atom stereocenters. The SMILES string of the molecule is Cc1cc(C)c2c(c1)-c1c(N(c3ccc(-c4ccccc4)cc3)c3ccc(-c4cccc5ccccc45)cc3)cccc1C2(C)C. The smallest absolute Gasteiger partial charge is 0.0543 e. The molecule has 1 nitrogen and oxygen atoms in total. The Morgan fingerprint density at radius 3 is 1.85 bits per heavy atom. The van der Waals surface area contributed by atoms with Gasteiger partial charge in [-0.25, -0.2) is 0 Å². The first kappa shape index (κ1) is 28.1. The summed E-state index contributed by atoms with van der Waals surface area (Å²) in [4.78, 5) is 2.45. The maximum Gasteiger partial charge on any atom is 0.0543 e. The van der Waals surface area contributed by atoms with Crippen molar-refractivity contribution in [3.05, 3.63) is 174 Å². The van der Waals surface area contributed by atoms with E-state index in [-0.39, 0.29) is 5.41 Å².